The van der Waals surface area contributed by atoms with Crippen molar-refractivity contribution in [3.05, 3.63) is 83.9 Å². The van der Waals surface area contributed by atoms with Gasteiger partial charge in [-0.15, -0.1) is 16.9 Å². The second-order valence-corrected chi connectivity index (χ2v) is 9.36. The van der Waals surface area contributed by atoms with Crippen molar-refractivity contribution in [2.24, 2.45) is 0 Å². The van der Waals surface area contributed by atoms with Crippen molar-refractivity contribution >= 4 is 23.7 Å². The SMILES string of the molecule is CC(C)Sc1cccc(-c2nnc(NC(=O)C3c4ccccc4Oc4ccccc43)o2)c1. The predicted octanol–water partition coefficient (Wildman–Crippen LogP) is 6.11. The van der Waals surface area contributed by atoms with Gasteiger partial charge in [-0.25, -0.2) is 0 Å². The van der Waals surface area contributed by atoms with Gasteiger partial charge < -0.3 is 9.15 Å². The first-order chi connectivity index (χ1) is 15.6. The molecule has 7 heteroatoms. The van der Waals surface area contributed by atoms with E-state index in [9.17, 15) is 4.79 Å². The number of nitrogens with one attached hydrogen (secondary N) is 1. The van der Waals surface area contributed by atoms with Crippen molar-refractivity contribution in [3.8, 4) is 23.0 Å². The highest BCUT2D eigenvalue weighted by atomic mass is 32.2. The van der Waals surface area contributed by atoms with E-state index in [-0.39, 0.29) is 11.9 Å². The van der Waals surface area contributed by atoms with E-state index in [1.54, 1.807) is 11.8 Å². The van der Waals surface area contributed by atoms with Crippen molar-refractivity contribution in [2.45, 2.75) is 29.9 Å². The van der Waals surface area contributed by atoms with Crippen LogP contribution in [0.4, 0.5) is 6.01 Å². The normalized spacial score (nSPS) is 12.7. The zero-order valence-corrected chi connectivity index (χ0v) is 18.4. The van der Waals surface area contributed by atoms with Gasteiger partial charge in [0, 0.05) is 26.8 Å². The lowest BCUT2D eigenvalue weighted by Gasteiger charge is -2.26. The summed E-state index contributed by atoms with van der Waals surface area (Å²) in [5, 5.41) is 11.4. The number of anilines is 1. The molecule has 0 aliphatic carbocycles. The van der Waals surface area contributed by atoms with Gasteiger partial charge in [0.1, 0.15) is 11.5 Å². The Bertz CT molecular complexity index is 1240. The average Bonchev–Trinajstić information content (AvgIpc) is 3.25. The van der Waals surface area contributed by atoms with Crippen molar-refractivity contribution in [1.29, 1.82) is 0 Å². The van der Waals surface area contributed by atoms with Crippen LogP contribution in [0.2, 0.25) is 0 Å². The molecule has 1 aliphatic heterocycles. The van der Waals surface area contributed by atoms with E-state index in [4.69, 9.17) is 9.15 Å². The zero-order chi connectivity index (χ0) is 22.1. The second kappa shape index (κ2) is 8.51. The lowest BCUT2D eigenvalue weighted by Crippen LogP contribution is -2.25. The Morgan fingerprint density at radius 1 is 0.938 bits per heavy atom. The van der Waals surface area contributed by atoms with Gasteiger partial charge in [0.15, 0.2) is 0 Å². The summed E-state index contributed by atoms with van der Waals surface area (Å²) in [5.41, 5.74) is 2.40. The molecule has 6 nitrogen and oxygen atoms in total. The number of amides is 1. The molecule has 0 saturated heterocycles. The standard InChI is InChI=1S/C25H21N3O3S/c1-15(2)32-17-9-7-8-16(14-17)24-27-28-25(31-24)26-23(29)22-18-10-3-5-12-20(18)30-21-13-6-4-11-19(21)22/h3-15,22H,1-2H3,(H,26,28,29). The van der Waals surface area contributed by atoms with Gasteiger partial charge in [-0.2, -0.15) is 0 Å². The van der Waals surface area contributed by atoms with Crippen LogP contribution in [0.25, 0.3) is 11.5 Å². The molecule has 4 aromatic rings. The number of hydrogen-bond donors (Lipinski definition) is 1. The van der Waals surface area contributed by atoms with Crippen LogP contribution in [0.15, 0.2) is 82.1 Å². The molecule has 32 heavy (non-hydrogen) atoms. The summed E-state index contributed by atoms with van der Waals surface area (Å²) in [6.07, 6.45) is 0. The van der Waals surface area contributed by atoms with Crippen LogP contribution in [0.3, 0.4) is 0 Å². The van der Waals surface area contributed by atoms with E-state index in [1.807, 2.05) is 72.8 Å². The Balaban J connectivity index is 1.41. The van der Waals surface area contributed by atoms with Gasteiger partial charge in [-0.05, 0) is 30.3 Å². The largest absolute Gasteiger partial charge is 0.457 e. The van der Waals surface area contributed by atoms with Crippen LogP contribution in [-0.4, -0.2) is 21.4 Å². The molecule has 3 aromatic carbocycles. The highest BCUT2D eigenvalue weighted by molar-refractivity contribution is 7.99. The molecule has 0 spiro atoms. The summed E-state index contributed by atoms with van der Waals surface area (Å²) in [6, 6.07) is 23.1. The van der Waals surface area contributed by atoms with Crippen LogP contribution >= 0.6 is 11.8 Å². The maximum absolute atomic E-state index is 13.3. The van der Waals surface area contributed by atoms with Gasteiger partial charge in [0.2, 0.25) is 11.8 Å². The number of benzene rings is 3. The van der Waals surface area contributed by atoms with Crippen molar-refractivity contribution in [1.82, 2.24) is 10.2 Å². The summed E-state index contributed by atoms with van der Waals surface area (Å²) in [5.74, 6) is 0.887. The molecule has 160 valence electrons. The summed E-state index contributed by atoms with van der Waals surface area (Å²) >= 11 is 1.76. The fourth-order valence-corrected chi connectivity index (χ4v) is 4.63. The summed E-state index contributed by atoms with van der Waals surface area (Å²) in [4.78, 5) is 14.4. The Labute approximate surface area is 190 Å². The van der Waals surface area contributed by atoms with Crippen molar-refractivity contribution < 1.29 is 13.9 Å². The summed E-state index contributed by atoms with van der Waals surface area (Å²) < 4.78 is 11.7. The van der Waals surface area contributed by atoms with E-state index in [0.29, 0.717) is 22.6 Å². The zero-order valence-electron chi connectivity index (χ0n) is 17.6. The minimum Gasteiger partial charge on any atom is -0.457 e. The minimum absolute atomic E-state index is 0.0633. The third kappa shape index (κ3) is 3.99. The van der Waals surface area contributed by atoms with Gasteiger partial charge in [-0.1, -0.05) is 61.4 Å². The van der Waals surface area contributed by atoms with E-state index < -0.39 is 5.92 Å². The second-order valence-electron chi connectivity index (χ2n) is 7.71. The van der Waals surface area contributed by atoms with Gasteiger partial charge in [-0.3, -0.25) is 10.1 Å². The lowest BCUT2D eigenvalue weighted by molar-refractivity contribution is -0.117. The lowest BCUT2D eigenvalue weighted by atomic mass is 9.87. The number of rotatable bonds is 5. The van der Waals surface area contributed by atoms with Crippen LogP contribution in [-0.2, 0) is 4.79 Å². The number of carbonyl (C=O) groups excluding carboxylic acids is 1. The Morgan fingerprint density at radius 3 is 2.31 bits per heavy atom. The number of carbonyl (C=O) groups is 1. The molecule has 2 heterocycles. The quantitative estimate of drug-likeness (QED) is 0.375. The van der Waals surface area contributed by atoms with E-state index >= 15 is 0 Å². The number of hydrogen-bond acceptors (Lipinski definition) is 6. The molecule has 1 aliphatic rings. The fraction of sp³-hybridized carbons (Fsp3) is 0.160. The van der Waals surface area contributed by atoms with E-state index in [0.717, 1.165) is 21.6 Å². The van der Waals surface area contributed by atoms with Crippen LogP contribution in [0.1, 0.15) is 30.9 Å². The minimum atomic E-state index is -0.544. The molecule has 0 atom stereocenters. The number of aromatic nitrogens is 2. The number of fused-ring (bicyclic) bond motifs is 2. The topological polar surface area (TPSA) is 77.2 Å². The predicted molar refractivity (Wildman–Crippen MR) is 124 cm³/mol. The maximum Gasteiger partial charge on any atom is 0.322 e. The summed E-state index contributed by atoms with van der Waals surface area (Å²) in [7, 11) is 0. The molecule has 5 rings (SSSR count). The molecular weight excluding hydrogens is 422 g/mol. The number of thioether (sulfide) groups is 1. The van der Waals surface area contributed by atoms with Crippen LogP contribution in [0.5, 0.6) is 11.5 Å². The van der Waals surface area contributed by atoms with Crippen LogP contribution < -0.4 is 10.1 Å². The number of nitrogens with zero attached hydrogens (tertiary/aromatic N) is 2. The third-order valence-electron chi connectivity index (χ3n) is 5.05. The third-order valence-corrected chi connectivity index (χ3v) is 6.05. The maximum atomic E-state index is 13.3. The molecule has 1 N–H and O–H groups in total. The molecular formula is C25H21N3O3S. The molecule has 0 bridgehead atoms. The molecule has 0 unspecified atom stereocenters. The van der Waals surface area contributed by atoms with Crippen molar-refractivity contribution in [2.75, 3.05) is 5.32 Å². The van der Waals surface area contributed by atoms with Crippen LogP contribution in [0, 0.1) is 0 Å². The van der Waals surface area contributed by atoms with E-state index in [1.165, 1.54) is 0 Å². The van der Waals surface area contributed by atoms with Gasteiger partial charge in [0.05, 0.1) is 5.92 Å². The first kappa shape index (κ1) is 20.3. The molecule has 0 fully saturated rings. The number of ether oxygens (including phenoxy) is 1. The summed E-state index contributed by atoms with van der Waals surface area (Å²) in [6.45, 7) is 4.29. The molecule has 0 radical (unpaired) electrons. The van der Waals surface area contributed by atoms with E-state index in [2.05, 4.69) is 29.4 Å². The smallest absolute Gasteiger partial charge is 0.322 e. The molecule has 0 saturated carbocycles. The van der Waals surface area contributed by atoms with Gasteiger partial charge >= 0.3 is 6.01 Å². The van der Waals surface area contributed by atoms with Crippen molar-refractivity contribution in [3.63, 3.8) is 0 Å². The Hall–Kier alpha value is -3.58. The highest BCUT2D eigenvalue weighted by Gasteiger charge is 2.33. The highest BCUT2D eigenvalue weighted by Crippen LogP contribution is 2.44. The fourth-order valence-electron chi connectivity index (χ4n) is 3.73. The molecule has 1 aromatic heterocycles. The first-order valence-corrected chi connectivity index (χ1v) is 11.2. The number of para-hydroxylation sites is 2. The monoisotopic (exact) mass is 443 g/mol. The van der Waals surface area contributed by atoms with Gasteiger partial charge in [0.25, 0.3) is 0 Å². The molecule has 1 amide bonds. The first-order valence-electron chi connectivity index (χ1n) is 10.4. The Kier molecular flexibility index (Phi) is 5.41. The average molecular weight is 444 g/mol. The Morgan fingerprint density at radius 2 is 1.62 bits per heavy atom.